The van der Waals surface area contributed by atoms with Crippen molar-refractivity contribution in [2.24, 2.45) is 0 Å². The lowest BCUT2D eigenvalue weighted by Crippen LogP contribution is -2.30. The number of rotatable bonds is 4. The predicted molar refractivity (Wildman–Crippen MR) is 83.7 cm³/mol. The molecule has 0 heterocycles. The molecule has 0 aromatic heterocycles. The van der Waals surface area contributed by atoms with Gasteiger partial charge in [-0.1, -0.05) is 22.0 Å². The van der Waals surface area contributed by atoms with Gasteiger partial charge in [0.2, 0.25) is 0 Å². The maximum absolute atomic E-state index is 13.6. The third-order valence-corrected chi connectivity index (χ3v) is 3.21. The van der Waals surface area contributed by atoms with E-state index in [4.69, 9.17) is 10.5 Å². The minimum absolute atomic E-state index is 0.0135. The van der Waals surface area contributed by atoms with Crippen molar-refractivity contribution in [3.8, 4) is 5.75 Å². The van der Waals surface area contributed by atoms with Crippen molar-refractivity contribution in [2.75, 3.05) is 11.1 Å². The van der Waals surface area contributed by atoms with E-state index in [0.29, 0.717) is 15.8 Å². The summed E-state index contributed by atoms with van der Waals surface area (Å²) in [6, 6.07) is 11.1. The van der Waals surface area contributed by atoms with Gasteiger partial charge in [-0.25, -0.2) is 4.39 Å². The van der Waals surface area contributed by atoms with Gasteiger partial charge in [-0.05, 0) is 43.3 Å². The third-order valence-electron chi connectivity index (χ3n) is 2.72. The number of hydrogen-bond donors (Lipinski definition) is 2. The Morgan fingerprint density at radius 1 is 1.33 bits per heavy atom. The van der Waals surface area contributed by atoms with Crippen LogP contribution in [0.2, 0.25) is 0 Å². The largest absolute Gasteiger partial charge is 0.478 e. The normalized spacial score (nSPS) is 11.8. The maximum atomic E-state index is 13.6. The first-order chi connectivity index (χ1) is 9.95. The molecule has 1 unspecified atom stereocenters. The van der Waals surface area contributed by atoms with Gasteiger partial charge in [0.25, 0.3) is 5.91 Å². The minimum Gasteiger partial charge on any atom is -0.478 e. The summed E-state index contributed by atoms with van der Waals surface area (Å²) in [6.45, 7) is 1.54. The van der Waals surface area contributed by atoms with Crippen LogP contribution in [0.5, 0.6) is 5.75 Å². The second-order valence-electron chi connectivity index (χ2n) is 4.45. The average Bonchev–Trinajstić information content (AvgIpc) is 2.43. The number of amides is 1. The van der Waals surface area contributed by atoms with E-state index in [0.717, 1.165) is 0 Å². The molecule has 0 saturated carbocycles. The van der Waals surface area contributed by atoms with Gasteiger partial charge in [-0.15, -0.1) is 0 Å². The third kappa shape index (κ3) is 4.19. The zero-order chi connectivity index (χ0) is 15.4. The Morgan fingerprint density at radius 2 is 2.10 bits per heavy atom. The van der Waals surface area contributed by atoms with Gasteiger partial charge >= 0.3 is 0 Å². The van der Waals surface area contributed by atoms with Crippen LogP contribution in [0.4, 0.5) is 15.8 Å². The zero-order valence-electron chi connectivity index (χ0n) is 11.3. The lowest BCUT2D eigenvalue weighted by atomic mass is 10.2. The maximum Gasteiger partial charge on any atom is 0.265 e. The molecule has 2 rings (SSSR count). The number of ether oxygens (including phenoxy) is 1. The first-order valence-corrected chi connectivity index (χ1v) is 7.03. The van der Waals surface area contributed by atoms with Gasteiger partial charge in [0, 0.05) is 15.8 Å². The van der Waals surface area contributed by atoms with Crippen molar-refractivity contribution in [2.45, 2.75) is 13.0 Å². The van der Waals surface area contributed by atoms with E-state index >= 15 is 0 Å². The molecule has 6 heteroatoms. The summed E-state index contributed by atoms with van der Waals surface area (Å²) in [6.07, 6.45) is -0.852. The summed E-state index contributed by atoms with van der Waals surface area (Å²) >= 11 is 3.22. The second kappa shape index (κ2) is 6.58. The average molecular weight is 353 g/mol. The van der Waals surface area contributed by atoms with Crippen LogP contribution in [0.1, 0.15) is 6.92 Å². The Morgan fingerprint density at radius 3 is 2.81 bits per heavy atom. The molecular formula is C15H14BrFN2O2. The van der Waals surface area contributed by atoms with Crippen LogP contribution >= 0.6 is 15.9 Å². The molecule has 0 radical (unpaired) electrons. The van der Waals surface area contributed by atoms with Crippen LogP contribution in [0.25, 0.3) is 0 Å². The smallest absolute Gasteiger partial charge is 0.265 e. The second-order valence-corrected chi connectivity index (χ2v) is 5.37. The SMILES string of the molecule is CC(Oc1cc(Br)ccc1F)C(=O)Nc1cccc(N)c1. The fraction of sp³-hybridized carbons (Fsp3) is 0.133. The highest BCUT2D eigenvalue weighted by Crippen LogP contribution is 2.23. The Kier molecular flexibility index (Phi) is 4.80. The van der Waals surface area contributed by atoms with Crippen molar-refractivity contribution in [3.63, 3.8) is 0 Å². The van der Waals surface area contributed by atoms with Crippen molar-refractivity contribution < 1.29 is 13.9 Å². The van der Waals surface area contributed by atoms with Crippen molar-refractivity contribution in [1.82, 2.24) is 0 Å². The van der Waals surface area contributed by atoms with Gasteiger partial charge < -0.3 is 15.8 Å². The molecule has 0 bridgehead atoms. The van der Waals surface area contributed by atoms with Gasteiger partial charge in [-0.2, -0.15) is 0 Å². The first-order valence-electron chi connectivity index (χ1n) is 6.24. The standard InChI is InChI=1S/C15H14BrFN2O2/c1-9(21-14-7-10(16)5-6-13(14)17)15(20)19-12-4-2-3-11(18)8-12/h2-9H,18H2,1H3,(H,19,20). The van der Waals surface area contributed by atoms with E-state index in [1.807, 2.05) is 0 Å². The molecule has 4 nitrogen and oxygen atoms in total. The highest BCUT2D eigenvalue weighted by atomic mass is 79.9. The van der Waals surface area contributed by atoms with E-state index in [2.05, 4.69) is 21.2 Å². The summed E-state index contributed by atoms with van der Waals surface area (Å²) in [5.74, 6) is -0.901. The van der Waals surface area contributed by atoms with E-state index in [1.165, 1.54) is 12.1 Å². The number of nitrogens with two attached hydrogens (primary N) is 1. The number of carbonyl (C=O) groups excluding carboxylic acids is 1. The fourth-order valence-electron chi connectivity index (χ4n) is 1.67. The molecule has 0 saturated heterocycles. The topological polar surface area (TPSA) is 64.3 Å². The van der Waals surface area contributed by atoms with Crippen LogP contribution in [0.3, 0.4) is 0 Å². The predicted octanol–water partition coefficient (Wildman–Crippen LogP) is 3.58. The van der Waals surface area contributed by atoms with Gasteiger partial charge in [0.05, 0.1) is 0 Å². The highest BCUT2D eigenvalue weighted by molar-refractivity contribution is 9.10. The quantitative estimate of drug-likeness (QED) is 0.826. The van der Waals surface area contributed by atoms with Gasteiger partial charge in [-0.3, -0.25) is 4.79 Å². The number of nitrogen functional groups attached to an aromatic ring is 1. The molecular weight excluding hydrogens is 339 g/mol. The summed E-state index contributed by atoms with van der Waals surface area (Å²) in [4.78, 5) is 12.0. The first kappa shape index (κ1) is 15.3. The number of halogens is 2. The molecule has 110 valence electrons. The number of benzene rings is 2. The molecule has 0 aliphatic carbocycles. The molecule has 2 aromatic carbocycles. The fourth-order valence-corrected chi connectivity index (χ4v) is 2.01. The Bertz CT molecular complexity index is 664. The van der Waals surface area contributed by atoms with Crippen LogP contribution < -0.4 is 15.8 Å². The summed E-state index contributed by atoms with van der Waals surface area (Å²) < 4.78 is 19.6. The molecule has 0 spiro atoms. The Labute approximate surface area is 130 Å². The number of hydrogen-bond acceptors (Lipinski definition) is 3. The zero-order valence-corrected chi connectivity index (χ0v) is 12.9. The van der Waals surface area contributed by atoms with Gasteiger partial charge in [0.1, 0.15) is 0 Å². The molecule has 0 fully saturated rings. The van der Waals surface area contributed by atoms with E-state index in [-0.39, 0.29) is 11.7 Å². The Hall–Kier alpha value is -2.08. The molecule has 21 heavy (non-hydrogen) atoms. The van der Waals surface area contributed by atoms with Crippen LogP contribution in [0, 0.1) is 5.82 Å². The Balaban J connectivity index is 2.04. The van der Waals surface area contributed by atoms with Crippen molar-refractivity contribution in [3.05, 3.63) is 52.8 Å². The molecule has 0 aliphatic heterocycles. The van der Waals surface area contributed by atoms with Crippen molar-refractivity contribution in [1.29, 1.82) is 0 Å². The molecule has 1 amide bonds. The minimum atomic E-state index is -0.852. The summed E-state index contributed by atoms with van der Waals surface area (Å²) in [7, 11) is 0. The number of nitrogens with one attached hydrogen (secondary N) is 1. The lowest BCUT2D eigenvalue weighted by molar-refractivity contribution is -0.122. The number of anilines is 2. The molecule has 0 aliphatic rings. The summed E-state index contributed by atoms with van der Waals surface area (Å²) in [5.41, 5.74) is 6.73. The highest BCUT2D eigenvalue weighted by Gasteiger charge is 2.17. The summed E-state index contributed by atoms with van der Waals surface area (Å²) in [5, 5.41) is 2.66. The van der Waals surface area contributed by atoms with Crippen LogP contribution in [-0.4, -0.2) is 12.0 Å². The van der Waals surface area contributed by atoms with Crippen LogP contribution in [0.15, 0.2) is 46.9 Å². The van der Waals surface area contributed by atoms with Gasteiger partial charge in [0.15, 0.2) is 17.7 Å². The van der Waals surface area contributed by atoms with E-state index < -0.39 is 11.9 Å². The molecule has 2 aromatic rings. The van der Waals surface area contributed by atoms with Crippen LogP contribution in [-0.2, 0) is 4.79 Å². The van der Waals surface area contributed by atoms with E-state index in [1.54, 1.807) is 37.3 Å². The molecule has 3 N–H and O–H groups in total. The molecule has 1 atom stereocenters. The monoisotopic (exact) mass is 352 g/mol. The van der Waals surface area contributed by atoms with E-state index in [9.17, 15) is 9.18 Å². The van der Waals surface area contributed by atoms with Crippen molar-refractivity contribution >= 4 is 33.2 Å². The lowest BCUT2D eigenvalue weighted by Gasteiger charge is -2.15. The number of carbonyl (C=O) groups is 1.